The first-order valence-corrected chi connectivity index (χ1v) is 7.46. The van der Waals surface area contributed by atoms with Gasteiger partial charge in [0.2, 0.25) is 0 Å². The van der Waals surface area contributed by atoms with Crippen molar-refractivity contribution in [1.82, 2.24) is 0 Å². The third-order valence-corrected chi connectivity index (χ3v) is 3.89. The van der Waals surface area contributed by atoms with Crippen molar-refractivity contribution in [2.45, 2.75) is 12.3 Å². The van der Waals surface area contributed by atoms with Gasteiger partial charge < -0.3 is 14.4 Å². The third-order valence-electron chi connectivity index (χ3n) is 3.89. The van der Waals surface area contributed by atoms with Gasteiger partial charge in [-0.1, -0.05) is 18.2 Å². The van der Waals surface area contributed by atoms with Crippen molar-refractivity contribution < 1.29 is 9.47 Å². The number of methoxy groups -OCH3 is 2. The first-order valence-electron chi connectivity index (χ1n) is 7.46. The van der Waals surface area contributed by atoms with E-state index in [9.17, 15) is 5.26 Å². The quantitative estimate of drug-likeness (QED) is 0.817. The van der Waals surface area contributed by atoms with Crippen LogP contribution in [0.1, 0.15) is 17.0 Å². The van der Waals surface area contributed by atoms with E-state index >= 15 is 0 Å². The lowest BCUT2D eigenvalue weighted by atomic mass is 9.92. The standard InChI is InChI=1S/C19H22N2O2/c1-21(2)17-8-5-14(6-9-17)16(13-20)11-15-7-10-18(22-3)12-19(15)23-4/h5-10,12,16H,11H2,1-4H3. The maximum Gasteiger partial charge on any atom is 0.125 e. The van der Waals surface area contributed by atoms with Gasteiger partial charge in [0.1, 0.15) is 11.5 Å². The summed E-state index contributed by atoms with van der Waals surface area (Å²) in [6.45, 7) is 0. The highest BCUT2D eigenvalue weighted by Gasteiger charge is 2.15. The number of nitrogens with zero attached hydrogens (tertiary/aromatic N) is 2. The van der Waals surface area contributed by atoms with E-state index in [1.807, 2.05) is 61.5 Å². The van der Waals surface area contributed by atoms with Crippen LogP contribution >= 0.6 is 0 Å². The zero-order valence-corrected chi connectivity index (χ0v) is 14.0. The summed E-state index contributed by atoms with van der Waals surface area (Å²) >= 11 is 0. The maximum atomic E-state index is 9.56. The van der Waals surface area contributed by atoms with Gasteiger partial charge in [-0.05, 0) is 35.7 Å². The predicted octanol–water partition coefficient (Wildman–Crippen LogP) is 3.62. The predicted molar refractivity (Wildman–Crippen MR) is 92.4 cm³/mol. The molecule has 4 nitrogen and oxygen atoms in total. The Morgan fingerprint density at radius 3 is 2.26 bits per heavy atom. The number of hydrogen-bond donors (Lipinski definition) is 0. The molecule has 0 aliphatic rings. The summed E-state index contributed by atoms with van der Waals surface area (Å²) in [7, 11) is 7.25. The minimum absolute atomic E-state index is 0.214. The van der Waals surface area contributed by atoms with Crippen molar-refractivity contribution in [3.05, 3.63) is 53.6 Å². The molecule has 1 atom stereocenters. The molecule has 0 aliphatic carbocycles. The topological polar surface area (TPSA) is 45.5 Å². The van der Waals surface area contributed by atoms with Crippen LogP contribution in [0, 0.1) is 11.3 Å². The Hall–Kier alpha value is -2.67. The van der Waals surface area contributed by atoms with Crippen LogP contribution in [0.25, 0.3) is 0 Å². The molecule has 0 fully saturated rings. The zero-order valence-electron chi connectivity index (χ0n) is 14.0. The molecule has 2 aromatic carbocycles. The number of rotatable bonds is 6. The minimum atomic E-state index is -0.214. The van der Waals surface area contributed by atoms with Gasteiger partial charge in [0.15, 0.2) is 0 Å². The minimum Gasteiger partial charge on any atom is -0.497 e. The number of anilines is 1. The van der Waals surface area contributed by atoms with Crippen LogP contribution < -0.4 is 14.4 Å². The molecule has 0 amide bonds. The zero-order chi connectivity index (χ0) is 16.8. The second-order valence-corrected chi connectivity index (χ2v) is 5.55. The fourth-order valence-electron chi connectivity index (χ4n) is 2.48. The van der Waals surface area contributed by atoms with E-state index in [4.69, 9.17) is 9.47 Å². The van der Waals surface area contributed by atoms with E-state index in [0.717, 1.165) is 28.3 Å². The van der Waals surface area contributed by atoms with E-state index in [1.54, 1.807) is 14.2 Å². The molecule has 1 unspecified atom stereocenters. The Balaban J connectivity index is 2.24. The number of nitriles is 1. The van der Waals surface area contributed by atoms with Crippen LogP contribution in [0.5, 0.6) is 11.5 Å². The SMILES string of the molecule is COc1ccc(CC(C#N)c2ccc(N(C)C)cc2)c(OC)c1. The van der Waals surface area contributed by atoms with Crippen LogP contribution in [0.3, 0.4) is 0 Å². The van der Waals surface area contributed by atoms with Gasteiger partial charge in [-0.2, -0.15) is 5.26 Å². The first-order chi connectivity index (χ1) is 11.1. The first kappa shape index (κ1) is 16.7. The van der Waals surface area contributed by atoms with Crippen LogP contribution in [0.2, 0.25) is 0 Å². The Kier molecular flexibility index (Phi) is 5.48. The lowest BCUT2D eigenvalue weighted by Gasteiger charge is -2.16. The van der Waals surface area contributed by atoms with Crippen molar-refractivity contribution in [1.29, 1.82) is 5.26 Å². The van der Waals surface area contributed by atoms with Gasteiger partial charge in [0.05, 0.1) is 26.2 Å². The molecule has 23 heavy (non-hydrogen) atoms. The van der Waals surface area contributed by atoms with Crippen molar-refractivity contribution in [3.8, 4) is 17.6 Å². The lowest BCUT2D eigenvalue weighted by molar-refractivity contribution is 0.390. The molecular weight excluding hydrogens is 288 g/mol. The molecule has 0 N–H and O–H groups in total. The molecule has 0 spiro atoms. The van der Waals surface area contributed by atoms with Crippen LogP contribution in [-0.4, -0.2) is 28.3 Å². The summed E-state index contributed by atoms with van der Waals surface area (Å²) in [5.41, 5.74) is 3.12. The molecule has 4 heteroatoms. The third kappa shape index (κ3) is 3.95. The lowest BCUT2D eigenvalue weighted by Crippen LogP contribution is -2.09. The van der Waals surface area contributed by atoms with Gasteiger partial charge in [-0.25, -0.2) is 0 Å². The number of benzene rings is 2. The highest BCUT2D eigenvalue weighted by molar-refractivity contribution is 5.48. The molecule has 0 aliphatic heterocycles. The summed E-state index contributed by atoms with van der Waals surface area (Å²) in [6.07, 6.45) is 0.602. The van der Waals surface area contributed by atoms with Gasteiger partial charge in [0, 0.05) is 25.8 Å². The average molecular weight is 310 g/mol. The second-order valence-electron chi connectivity index (χ2n) is 5.55. The molecule has 2 aromatic rings. The summed E-state index contributed by atoms with van der Waals surface area (Å²) in [6, 6.07) is 16.2. The van der Waals surface area contributed by atoms with Crippen molar-refractivity contribution >= 4 is 5.69 Å². The largest absolute Gasteiger partial charge is 0.497 e. The maximum absolute atomic E-state index is 9.56. The van der Waals surface area contributed by atoms with Crippen molar-refractivity contribution in [2.24, 2.45) is 0 Å². The van der Waals surface area contributed by atoms with E-state index in [1.165, 1.54) is 0 Å². The van der Waals surface area contributed by atoms with Crippen molar-refractivity contribution in [2.75, 3.05) is 33.2 Å². The Labute approximate surface area is 137 Å². The molecule has 0 aromatic heterocycles. The molecule has 0 radical (unpaired) electrons. The van der Waals surface area contributed by atoms with E-state index in [-0.39, 0.29) is 5.92 Å². The fraction of sp³-hybridized carbons (Fsp3) is 0.316. The van der Waals surface area contributed by atoms with E-state index < -0.39 is 0 Å². The summed E-state index contributed by atoms with van der Waals surface area (Å²) in [5, 5.41) is 9.56. The summed E-state index contributed by atoms with van der Waals surface area (Å²) < 4.78 is 10.6. The van der Waals surface area contributed by atoms with E-state index in [2.05, 4.69) is 6.07 Å². The Morgan fingerprint density at radius 2 is 1.74 bits per heavy atom. The van der Waals surface area contributed by atoms with E-state index in [0.29, 0.717) is 6.42 Å². The van der Waals surface area contributed by atoms with Crippen LogP contribution in [-0.2, 0) is 6.42 Å². The molecule has 0 heterocycles. The Bertz CT molecular complexity index is 688. The number of ether oxygens (including phenoxy) is 2. The number of hydrogen-bond acceptors (Lipinski definition) is 4. The monoisotopic (exact) mass is 310 g/mol. The summed E-state index contributed by atoms with van der Waals surface area (Å²) in [4.78, 5) is 2.04. The smallest absolute Gasteiger partial charge is 0.125 e. The van der Waals surface area contributed by atoms with Crippen molar-refractivity contribution in [3.63, 3.8) is 0 Å². The normalized spacial score (nSPS) is 11.4. The molecule has 0 saturated carbocycles. The fourth-order valence-corrected chi connectivity index (χ4v) is 2.48. The van der Waals surface area contributed by atoms with Gasteiger partial charge in [0.25, 0.3) is 0 Å². The molecule has 120 valence electrons. The van der Waals surface area contributed by atoms with Gasteiger partial charge in [-0.3, -0.25) is 0 Å². The molecule has 0 bridgehead atoms. The Morgan fingerprint density at radius 1 is 1.04 bits per heavy atom. The van der Waals surface area contributed by atoms with Crippen LogP contribution in [0.4, 0.5) is 5.69 Å². The highest BCUT2D eigenvalue weighted by atomic mass is 16.5. The van der Waals surface area contributed by atoms with Gasteiger partial charge in [-0.15, -0.1) is 0 Å². The highest BCUT2D eigenvalue weighted by Crippen LogP contribution is 2.30. The second kappa shape index (κ2) is 7.55. The average Bonchev–Trinajstić information content (AvgIpc) is 2.59. The van der Waals surface area contributed by atoms with Crippen LogP contribution in [0.15, 0.2) is 42.5 Å². The van der Waals surface area contributed by atoms with Gasteiger partial charge >= 0.3 is 0 Å². The molecule has 2 rings (SSSR count). The molecular formula is C19H22N2O2. The molecule has 0 saturated heterocycles. The summed E-state index contributed by atoms with van der Waals surface area (Å²) in [5.74, 6) is 1.28.